The van der Waals surface area contributed by atoms with Crippen LogP contribution in [-0.2, 0) is 17.8 Å². The van der Waals surface area contributed by atoms with Crippen LogP contribution < -0.4 is 10.6 Å². The fourth-order valence-electron chi connectivity index (χ4n) is 4.82. The van der Waals surface area contributed by atoms with Gasteiger partial charge >= 0.3 is 0 Å². The van der Waals surface area contributed by atoms with E-state index in [0.29, 0.717) is 29.7 Å². The number of carbonyl (C=O) groups is 1. The highest BCUT2D eigenvalue weighted by Gasteiger charge is 2.26. The number of anilines is 2. The van der Waals surface area contributed by atoms with Gasteiger partial charge in [0.15, 0.2) is 5.13 Å². The number of nitrogens with one attached hydrogen (secondary N) is 2. The minimum Gasteiger partial charge on any atom is -0.379 e. The average molecular weight is 518 g/mol. The number of morpholine rings is 1. The van der Waals surface area contributed by atoms with E-state index < -0.39 is 0 Å². The first-order valence-electron chi connectivity index (χ1n) is 12.6. The number of aromatic nitrogens is 2. The summed E-state index contributed by atoms with van der Waals surface area (Å²) in [7, 11) is 0. The Kier molecular flexibility index (Phi) is 8.38. The van der Waals surface area contributed by atoms with Crippen molar-refractivity contribution in [1.82, 2.24) is 25.1 Å². The fraction of sp³-hybridized carbons (Fsp3) is 0.407. The van der Waals surface area contributed by atoms with Crippen LogP contribution in [0.3, 0.4) is 0 Å². The molecule has 2 N–H and O–H groups in total. The summed E-state index contributed by atoms with van der Waals surface area (Å²) >= 11 is 1.37. The number of thiazole rings is 1. The van der Waals surface area contributed by atoms with E-state index >= 15 is 0 Å². The molecule has 1 aromatic carbocycles. The molecule has 192 valence electrons. The maximum Gasteiger partial charge on any atom is 0.271 e. The number of pyridine rings is 1. The van der Waals surface area contributed by atoms with Crippen molar-refractivity contribution < 1.29 is 9.53 Å². The molecular formula is C27H31N7O2S. The van der Waals surface area contributed by atoms with Crippen LogP contribution in [0.1, 0.15) is 46.2 Å². The Morgan fingerprint density at radius 2 is 1.97 bits per heavy atom. The van der Waals surface area contributed by atoms with Crippen LogP contribution in [0.25, 0.3) is 0 Å². The molecule has 3 aromatic rings. The maximum atomic E-state index is 12.7. The number of nitrogens with zero attached hydrogens (tertiary/aromatic N) is 5. The molecule has 0 unspecified atom stereocenters. The van der Waals surface area contributed by atoms with Crippen LogP contribution >= 0.6 is 11.3 Å². The molecule has 0 saturated carbocycles. The van der Waals surface area contributed by atoms with Crippen LogP contribution in [0.2, 0.25) is 0 Å². The van der Waals surface area contributed by atoms with Gasteiger partial charge in [-0.1, -0.05) is 30.3 Å². The van der Waals surface area contributed by atoms with Crippen molar-refractivity contribution in [3.63, 3.8) is 0 Å². The number of ether oxygens (including phenoxy) is 1. The molecule has 1 amide bonds. The second kappa shape index (κ2) is 12.3. The standard InChI is InChI=1S/C27H31N7O2S/c28-9-11-34-10-3-7-24(34)22-6-2-8-25(30-22)32-27-31-23(19-37-27)26(35)29-17-20-4-1-5-21(16-20)18-33-12-14-36-15-13-33/h1-2,4-6,8,16,19,24H,3,7,10-15,17-18H2,(H,29,35)(H,30,31,32)/t24-/m0/s1. The van der Waals surface area contributed by atoms with Crippen LogP contribution in [0.15, 0.2) is 47.8 Å². The van der Waals surface area contributed by atoms with E-state index in [4.69, 9.17) is 15.0 Å². The van der Waals surface area contributed by atoms with Gasteiger partial charge in [-0.3, -0.25) is 14.6 Å². The first-order chi connectivity index (χ1) is 18.2. The van der Waals surface area contributed by atoms with E-state index in [0.717, 1.165) is 63.5 Å². The first kappa shape index (κ1) is 25.3. The molecule has 2 aliphatic heterocycles. The Balaban J connectivity index is 1.16. The summed E-state index contributed by atoms with van der Waals surface area (Å²) < 4.78 is 5.43. The van der Waals surface area contributed by atoms with Gasteiger partial charge in [0.25, 0.3) is 5.91 Å². The van der Waals surface area contributed by atoms with Gasteiger partial charge in [-0.05, 0) is 42.6 Å². The highest BCUT2D eigenvalue weighted by atomic mass is 32.1. The van der Waals surface area contributed by atoms with E-state index in [-0.39, 0.29) is 11.9 Å². The molecule has 2 fully saturated rings. The normalized spacial score (nSPS) is 18.4. The predicted molar refractivity (Wildman–Crippen MR) is 143 cm³/mol. The van der Waals surface area contributed by atoms with Gasteiger partial charge in [0.05, 0.1) is 37.6 Å². The van der Waals surface area contributed by atoms with E-state index in [1.165, 1.54) is 16.9 Å². The molecule has 10 heteroatoms. The molecule has 0 bridgehead atoms. The molecule has 0 aliphatic carbocycles. The van der Waals surface area contributed by atoms with Crippen molar-refractivity contribution in [2.45, 2.75) is 32.0 Å². The first-order valence-corrected chi connectivity index (χ1v) is 13.5. The van der Waals surface area contributed by atoms with Gasteiger partial charge in [0.2, 0.25) is 0 Å². The Labute approximate surface area is 221 Å². The largest absolute Gasteiger partial charge is 0.379 e. The molecule has 2 aliphatic rings. The van der Waals surface area contributed by atoms with Gasteiger partial charge in [0.1, 0.15) is 11.5 Å². The van der Waals surface area contributed by atoms with Crippen molar-refractivity contribution >= 4 is 28.2 Å². The third-order valence-corrected chi connectivity index (χ3v) is 7.43. The molecular weight excluding hydrogens is 486 g/mol. The minimum absolute atomic E-state index is 0.159. The lowest BCUT2D eigenvalue weighted by molar-refractivity contribution is 0.0342. The molecule has 1 atom stereocenters. The van der Waals surface area contributed by atoms with E-state index in [1.807, 2.05) is 30.3 Å². The van der Waals surface area contributed by atoms with E-state index in [9.17, 15) is 4.79 Å². The molecule has 9 nitrogen and oxygen atoms in total. The summed E-state index contributed by atoms with van der Waals surface area (Å²) in [4.78, 5) is 26.5. The van der Waals surface area contributed by atoms with Crippen molar-refractivity contribution in [2.75, 3.05) is 44.7 Å². The zero-order chi connectivity index (χ0) is 25.5. The van der Waals surface area contributed by atoms with Gasteiger partial charge in [-0.15, -0.1) is 11.3 Å². The van der Waals surface area contributed by atoms with Crippen LogP contribution in [0, 0.1) is 11.3 Å². The number of rotatable bonds is 9. The summed E-state index contributed by atoms with van der Waals surface area (Å²) in [6.45, 7) is 6.11. The van der Waals surface area contributed by atoms with Crippen molar-refractivity contribution in [2.24, 2.45) is 0 Å². The smallest absolute Gasteiger partial charge is 0.271 e. The Bertz CT molecular complexity index is 1250. The number of hydrogen-bond donors (Lipinski definition) is 2. The topological polar surface area (TPSA) is 106 Å². The monoisotopic (exact) mass is 517 g/mol. The highest BCUT2D eigenvalue weighted by Crippen LogP contribution is 2.31. The third-order valence-electron chi connectivity index (χ3n) is 6.68. The highest BCUT2D eigenvalue weighted by molar-refractivity contribution is 7.14. The maximum absolute atomic E-state index is 12.7. The number of benzene rings is 1. The number of amides is 1. The zero-order valence-electron chi connectivity index (χ0n) is 20.7. The Hall–Kier alpha value is -3.36. The Morgan fingerprint density at radius 1 is 1.14 bits per heavy atom. The van der Waals surface area contributed by atoms with Crippen molar-refractivity contribution in [3.05, 3.63) is 70.4 Å². The second-order valence-electron chi connectivity index (χ2n) is 9.29. The quantitative estimate of drug-likeness (QED) is 0.414. The number of likely N-dealkylation sites (tertiary alicyclic amines) is 1. The molecule has 37 heavy (non-hydrogen) atoms. The third kappa shape index (κ3) is 6.70. The molecule has 5 rings (SSSR count). The van der Waals surface area contributed by atoms with Gasteiger partial charge in [-0.2, -0.15) is 5.26 Å². The van der Waals surface area contributed by atoms with Gasteiger partial charge in [0, 0.05) is 31.6 Å². The molecule has 2 aromatic heterocycles. The molecule has 4 heterocycles. The van der Waals surface area contributed by atoms with Crippen molar-refractivity contribution in [3.8, 4) is 6.07 Å². The Morgan fingerprint density at radius 3 is 2.84 bits per heavy atom. The number of nitriles is 1. The van der Waals surface area contributed by atoms with Crippen LogP contribution in [-0.4, -0.2) is 65.1 Å². The lowest BCUT2D eigenvalue weighted by Crippen LogP contribution is -2.35. The number of carbonyl (C=O) groups excluding carboxylic acids is 1. The molecule has 2 saturated heterocycles. The molecule has 0 spiro atoms. The second-order valence-corrected chi connectivity index (χ2v) is 10.1. The summed E-state index contributed by atoms with van der Waals surface area (Å²) in [6, 6.07) is 16.6. The number of hydrogen-bond acceptors (Lipinski definition) is 9. The van der Waals surface area contributed by atoms with E-state index in [1.54, 1.807) is 5.38 Å². The van der Waals surface area contributed by atoms with Gasteiger partial charge < -0.3 is 15.4 Å². The van der Waals surface area contributed by atoms with Crippen molar-refractivity contribution in [1.29, 1.82) is 5.26 Å². The lowest BCUT2D eigenvalue weighted by atomic mass is 10.1. The lowest BCUT2D eigenvalue weighted by Gasteiger charge is -2.26. The van der Waals surface area contributed by atoms with Crippen LogP contribution in [0.4, 0.5) is 10.9 Å². The predicted octanol–water partition coefficient (Wildman–Crippen LogP) is 3.70. The van der Waals surface area contributed by atoms with E-state index in [2.05, 4.69) is 43.6 Å². The fourth-order valence-corrected chi connectivity index (χ4v) is 5.52. The summed E-state index contributed by atoms with van der Waals surface area (Å²) in [5.41, 5.74) is 3.62. The average Bonchev–Trinajstić information content (AvgIpc) is 3.58. The molecule has 0 radical (unpaired) electrons. The summed E-state index contributed by atoms with van der Waals surface area (Å²) in [6.07, 6.45) is 2.06. The SMILES string of the molecule is N#CCN1CCC[C@H]1c1cccc(Nc2nc(C(=O)NCc3cccc(CN4CCOCC4)c3)cs2)n1. The van der Waals surface area contributed by atoms with Gasteiger partial charge in [-0.25, -0.2) is 9.97 Å². The zero-order valence-corrected chi connectivity index (χ0v) is 21.5. The minimum atomic E-state index is -0.206. The summed E-state index contributed by atoms with van der Waals surface area (Å²) in [5, 5.41) is 17.7. The van der Waals surface area contributed by atoms with Crippen LogP contribution in [0.5, 0.6) is 0 Å². The summed E-state index contributed by atoms with van der Waals surface area (Å²) in [5.74, 6) is 0.474.